The molecule has 2 aliphatic heterocycles. The van der Waals surface area contributed by atoms with Crippen LogP contribution in [0.5, 0.6) is 0 Å². The van der Waals surface area contributed by atoms with Crippen molar-refractivity contribution in [1.82, 2.24) is 9.80 Å². The van der Waals surface area contributed by atoms with E-state index in [0.717, 1.165) is 19.5 Å². The molecule has 2 aliphatic rings. The molecule has 15 heavy (non-hydrogen) atoms. The van der Waals surface area contributed by atoms with Gasteiger partial charge in [-0.25, -0.2) is 0 Å². The number of likely N-dealkylation sites (tertiary alicyclic amines) is 2. The summed E-state index contributed by atoms with van der Waals surface area (Å²) in [6.07, 6.45) is 5.00. The molecule has 82 valence electrons. The normalized spacial score (nSPS) is 33.2. The number of hydrogen-bond acceptors (Lipinski definition) is 3. The number of rotatable bonds is 3. The summed E-state index contributed by atoms with van der Waals surface area (Å²) >= 11 is 0. The van der Waals surface area contributed by atoms with Crippen molar-refractivity contribution in [2.24, 2.45) is 0 Å². The summed E-state index contributed by atoms with van der Waals surface area (Å²) in [4.78, 5) is 4.86. The van der Waals surface area contributed by atoms with Crippen molar-refractivity contribution in [3.63, 3.8) is 0 Å². The zero-order valence-corrected chi connectivity index (χ0v) is 10.1. The average molecular weight is 204 g/mol. The smallest absolute Gasteiger partial charge is 0.853 e. The molecule has 0 spiro atoms. The van der Waals surface area contributed by atoms with Crippen molar-refractivity contribution in [3.8, 4) is 0 Å². The molecule has 3 nitrogen and oxygen atoms in total. The second-order valence-electron chi connectivity index (χ2n) is 4.73. The van der Waals surface area contributed by atoms with Crippen LogP contribution in [0.1, 0.15) is 25.7 Å². The van der Waals surface area contributed by atoms with E-state index in [1.54, 1.807) is 0 Å². The molecule has 2 saturated heterocycles. The van der Waals surface area contributed by atoms with Gasteiger partial charge in [0.1, 0.15) is 0 Å². The fourth-order valence-corrected chi connectivity index (χ4v) is 2.80. The molecule has 0 radical (unpaired) electrons. The Bertz CT molecular complexity index is 191. The number of hydrogen-bond donors (Lipinski definition) is 0. The molecule has 0 aromatic heterocycles. The largest absolute Gasteiger partial charge is 1.00 e. The van der Waals surface area contributed by atoms with Crippen LogP contribution in [0.15, 0.2) is 0 Å². The second kappa shape index (κ2) is 6.27. The van der Waals surface area contributed by atoms with E-state index >= 15 is 0 Å². The molecule has 2 atom stereocenters. The molecule has 0 bridgehead atoms. The molecule has 0 N–H and O–H groups in total. The summed E-state index contributed by atoms with van der Waals surface area (Å²) in [5.74, 6) is 0. The quantitative estimate of drug-likeness (QED) is 0.456. The summed E-state index contributed by atoms with van der Waals surface area (Å²) < 4.78 is 0. The standard InChI is InChI=1S/C11H21N2O.Li/c1-12-6-2-4-10(12)8-13-7-3-5-11(13)9-14;/h10-11H,2-9H2,1H3;/q-1;+1/t10-,11-;/m0./s1. The fourth-order valence-electron chi connectivity index (χ4n) is 2.80. The van der Waals surface area contributed by atoms with Crippen molar-refractivity contribution in [2.75, 3.05) is 33.3 Å². The maximum Gasteiger partial charge on any atom is 1.00 e. The van der Waals surface area contributed by atoms with Crippen LogP contribution in [0.3, 0.4) is 0 Å². The Kier molecular flexibility index (Phi) is 5.66. The predicted molar refractivity (Wildman–Crippen MR) is 55.1 cm³/mol. The average Bonchev–Trinajstić information content (AvgIpc) is 2.77. The fraction of sp³-hybridized carbons (Fsp3) is 1.00. The Morgan fingerprint density at radius 1 is 1.13 bits per heavy atom. The van der Waals surface area contributed by atoms with Crippen LogP contribution in [0.2, 0.25) is 0 Å². The first-order chi connectivity index (χ1) is 6.81. The van der Waals surface area contributed by atoms with Crippen LogP contribution < -0.4 is 24.0 Å². The van der Waals surface area contributed by atoms with Crippen molar-refractivity contribution in [2.45, 2.75) is 37.8 Å². The maximum absolute atomic E-state index is 10.9. The third kappa shape index (κ3) is 3.22. The van der Waals surface area contributed by atoms with Gasteiger partial charge in [-0.2, -0.15) is 0 Å². The van der Waals surface area contributed by atoms with Crippen molar-refractivity contribution < 1.29 is 24.0 Å². The minimum Gasteiger partial charge on any atom is -0.853 e. The molecule has 0 saturated carbocycles. The minimum absolute atomic E-state index is 0. The van der Waals surface area contributed by atoms with Crippen LogP contribution in [0.4, 0.5) is 0 Å². The Morgan fingerprint density at radius 3 is 2.40 bits per heavy atom. The third-order valence-electron chi connectivity index (χ3n) is 3.81. The van der Waals surface area contributed by atoms with Crippen molar-refractivity contribution in [3.05, 3.63) is 0 Å². The molecule has 0 aliphatic carbocycles. The van der Waals surface area contributed by atoms with E-state index in [0.29, 0.717) is 12.1 Å². The van der Waals surface area contributed by atoms with Gasteiger partial charge in [0.2, 0.25) is 0 Å². The van der Waals surface area contributed by atoms with Gasteiger partial charge in [0.05, 0.1) is 0 Å². The zero-order chi connectivity index (χ0) is 9.97. The van der Waals surface area contributed by atoms with Gasteiger partial charge in [0.25, 0.3) is 0 Å². The Labute approximate surface area is 105 Å². The van der Waals surface area contributed by atoms with E-state index in [2.05, 4.69) is 16.8 Å². The van der Waals surface area contributed by atoms with E-state index in [1.165, 1.54) is 25.8 Å². The van der Waals surface area contributed by atoms with Gasteiger partial charge in [-0.3, -0.25) is 0 Å². The van der Waals surface area contributed by atoms with Crippen LogP contribution in [0.25, 0.3) is 0 Å². The van der Waals surface area contributed by atoms with E-state index in [-0.39, 0.29) is 25.5 Å². The van der Waals surface area contributed by atoms with Gasteiger partial charge in [-0.05, 0) is 51.9 Å². The molecule has 0 amide bonds. The molecule has 0 aromatic carbocycles. The van der Waals surface area contributed by atoms with Gasteiger partial charge in [-0.1, -0.05) is 0 Å². The van der Waals surface area contributed by atoms with E-state index < -0.39 is 0 Å². The summed E-state index contributed by atoms with van der Waals surface area (Å²) in [5.41, 5.74) is 0. The third-order valence-corrected chi connectivity index (χ3v) is 3.81. The second-order valence-corrected chi connectivity index (χ2v) is 4.73. The molecule has 0 aromatic rings. The molecular weight excluding hydrogens is 183 g/mol. The van der Waals surface area contributed by atoms with Crippen molar-refractivity contribution in [1.29, 1.82) is 0 Å². The molecular formula is C11H21LiN2O. The van der Waals surface area contributed by atoms with Crippen molar-refractivity contribution >= 4 is 0 Å². The number of nitrogens with zero attached hydrogens (tertiary/aromatic N) is 2. The Hall–Kier alpha value is 0.477. The topological polar surface area (TPSA) is 29.5 Å². The van der Waals surface area contributed by atoms with Gasteiger partial charge in [-0.15, -0.1) is 6.61 Å². The van der Waals surface area contributed by atoms with E-state index in [4.69, 9.17) is 0 Å². The summed E-state index contributed by atoms with van der Waals surface area (Å²) in [6, 6.07) is 1.05. The summed E-state index contributed by atoms with van der Waals surface area (Å²) in [7, 11) is 2.21. The van der Waals surface area contributed by atoms with Crippen LogP contribution in [-0.4, -0.2) is 55.2 Å². The van der Waals surface area contributed by atoms with Crippen LogP contribution in [0, 0.1) is 0 Å². The van der Waals surface area contributed by atoms with Gasteiger partial charge in [0, 0.05) is 12.6 Å². The molecule has 2 heterocycles. The first-order valence-corrected chi connectivity index (χ1v) is 5.83. The summed E-state index contributed by atoms with van der Waals surface area (Å²) in [6.45, 7) is 3.61. The number of likely N-dealkylation sites (N-methyl/N-ethyl adjacent to an activating group) is 1. The predicted octanol–water partition coefficient (Wildman–Crippen LogP) is -3.09. The SMILES string of the molecule is CN1CCC[C@H]1CN1CCC[C@H]1C[O-].[Li+]. The summed E-state index contributed by atoms with van der Waals surface area (Å²) in [5, 5.41) is 10.9. The Balaban J connectivity index is 0.00000112. The van der Waals surface area contributed by atoms with Gasteiger partial charge in [0.15, 0.2) is 0 Å². The van der Waals surface area contributed by atoms with E-state index in [1.807, 2.05) is 0 Å². The Morgan fingerprint density at radius 2 is 1.80 bits per heavy atom. The molecule has 0 unspecified atom stereocenters. The first kappa shape index (κ1) is 13.5. The zero-order valence-electron chi connectivity index (χ0n) is 10.1. The van der Waals surface area contributed by atoms with Crippen LogP contribution in [-0.2, 0) is 0 Å². The minimum atomic E-state index is 0. The first-order valence-electron chi connectivity index (χ1n) is 5.83. The monoisotopic (exact) mass is 204 g/mol. The molecule has 2 fully saturated rings. The van der Waals surface area contributed by atoms with Gasteiger partial charge >= 0.3 is 18.9 Å². The maximum atomic E-state index is 10.9. The van der Waals surface area contributed by atoms with Gasteiger partial charge < -0.3 is 14.9 Å². The van der Waals surface area contributed by atoms with Crippen LogP contribution >= 0.6 is 0 Å². The molecule has 4 heteroatoms. The molecule has 2 rings (SSSR count). The van der Waals surface area contributed by atoms with E-state index in [9.17, 15) is 5.11 Å².